The van der Waals surface area contributed by atoms with E-state index in [2.05, 4.69) is 4.57 Å². The van der Waals surface area contributed by atoms with Crippen LogP contribution in [0.2, 0.25) is 0 Å². The molecule has 4 heterocycles. The van der Waals surface area contributed by atoms with E-state index in [1.165, 1.54) is 12.1 Å². The first-order valence-corrected chi connectivity index (χ1v) is 11.9. The molecule has 35 heavy (non-hydrogen) atoms. The van der Waals surface area contributed by atoms with Crippen molar-refractivity contribution in [3.63, 3.8) is 0 Å². The molecule has 0 bridgehead atoms. The highest BCUT2D eigenvalue weighted by Gasteiger charge is 2.44. The van der Waals surface area contributed by atoms with Crippen molar-refractivity contribution in [3.8, 4) is 22.9 Å². The molecule has 0 radical (unpaired) electrons. The highest BCUT2D eigenvalue weighted by atomic mass is 19.1. The molecular weight excluding hydrogens is 451 g/mol. The largest absolute Gasteiger partial charge is 0.493 e. The van der Waals surface area contributed by atoms with Gasteiger partial charge in [-0.1, -0.05) is 0 Å². The third-order valence-corrected chi connectivity index (χ3v) is 7.15. The SMILES string of the molecule is COc1cc(C(=O)N2CCC3(CC2)Oc2cc(F)ccc2-n2cccc23)ccc1O[C@H]1CCOC1. The molecule has 3 aliphatic rings. The first-order chi connectivity index (χ1) is 17.1. The Balaban J connectivity index is 1.19. The minimum absolute atomic E-state index is 0.00298. The number of carbonyl (C=O) groups is 1. The van der Waals surface area contributed by atoms with Crippen LogP contribution in [0.4, 0.5) is 4.39 Å². The number of methoxy groups -OCH3 is 1. The number of piperidine rings is 1. The standard InChI is InChI=1S/C27H27FN2O5/c1-32-24-15-18(4-7-22(24)34-20-8-14-33-17-20)26(31)29-12-9-27(10-13-29)25-3-2-11-30(25)21-6-5-19(28)16-23(21)35-27/h2-7,11,15-16,20H,8-10,12-14,17H2,1H3/t20-/m0/s1. The highest BCUT2D eigenvalue weighted by Crippen LogP contribution is 2.45. The van der Waals surface area contributed by atoms with Gasteiger partial charge in [-0.3, -0.25) is 4.79 Å². The van der Waals surface area contributed by atoms with Crippen LogP contribution in [0.1, 0.15) is 35.3 Å². The number of halogens is 1. The molecule has 2 saturated heterocycles. The van der Waals surface area contributed by atoms with Crippen LogP contribution in [-0.4, -0.2) is 54.9 Å². The number of ether oxygens (including phenoxy) is 4. The van der Waals surface area contributed by atoms with Crippen molar-refractivity contribution in [2.24, 2.45) is 0 Å². The summed E-state index contributed by atoms with van der Waals surface area (Å²) in [6.07, 6.45) is 4.03. The molecule has 6 rings (SSSR count). The lowest BCUT2D eigenvalue weighted by molar-refractivity contribution is -0.00951. The van der Waals surface area contributed by atoms with Gasteiger partial charge >= 0.3 is 0 Å². The number of hydrogen-bond acceptors (Lipinski definition) is 5. The summed E-state index contributed by atoms with van der Waals surface area (Å²) in [5, 5.41) is 0. The summed E-state index contributed by atoms with van der Waals surface area (Å²) in [5.41, 5.74) is 1.81. The fraction of sp³-hybridized carbons (Fsp3) is 0.370. The quantitative estimate of drug-likeness (QED) is 0.559. The number of hydrogen-bond donors (Lipinski definition) is 0. The van der Waals surface area contributed by atoms with Gasteiger partial charge in [0.15, 0.2) is 17.1 Å². The van der Waals surface area contributed by atoms with Crippen molar-refractivity contribution in [1.82, 2.24) is 9.47 Å². The molecule has 2 fully saturated rings. The van der Waals surface area contributed by atoms with Crippen LogP contribution >= 0.6 is 0 Å². The number of rotatable bonds is 4. The molecule has 1 amide bonds. The fourth-order valence-corrected chi connectivity index (χ4v) is 5.29. The fourth-order valence-electron chi connectivity index (χ4n) is 5.29. The smallest absolute Gasteiger partial charge is 0.253 e. The summed E-state index contributed by atoms with van der Waals surface area (Å²) in [5.74, 6) is 1.28. The van der Waals surface area contributed by atoms with Crippen LogP contribution in [0.5, 0.6) is 17.2 Å². The molecule has 0 saturated carbocycles. The van der Waals surface area contributed by atoms with Gasteiger partial charge in [-0.15, -0.1) is 0 Å². The van der Waals surface area contributed by atoms with Gasteiger partial charge in [-0.05, 0) is 42.5 Å². The van der Waals surface area contributed by atoms with Crippen molar-refractivity contribution in [2.45, 2.75) is 31.0 Å². The van der Waals surface area contributed by atoms with E-state index in [1.54, 1.807) is 31.4 Å². The minimum atomic E-state index is -0.597. The maximum atomic E-state index is 13.9. The molecule has 3 aliphatic heterocycles. The average molecular weight is 479 g/mol. The number of likely N-dealkylation sites (tertiary alicyclic amines) is 1. The number of fused-ring (bicyclic) bond motifs is 4. The number of benzene rings is 2. The molecule has 3 aromatic rings. The van der Waals surface area contributed by atoms with E-state index in [1.807, 2.05) is 23.2 Å². The Bertz CT molecular complexity index is 1260. The lowest BCUT2D eigenvalue weighted by atomic mass is 9.86. The molecule has 0 unspecified atom stereocenters. The van der Waals surface area contributed by atoms with Crippen LogP contribution < -0.4 is 14.2 Å². The molecule has 182 valence electrons. The number of aromatic nitrogens is 1. The van der Waals surface area contributed by atoms with Crippen molar-refractivity contribution < 1.29 is 28.1 Å². The molecule has 8 heteroatoms. The number of amides is 1. The Morgan fingerprint density at radius 3 is 2.74 bits per heavy atom. The second-order valence-electron chi connectivity index (χ2n) is 9.23. The Labute approximate surface area is 203 Å². The van der Waals surface area contributed by atoms with E-state index in [4.69, 9.17) is 18.9 Å². The molecule has 0 aliphatic carbocycles. The Hall–Kier alpha value is -3.52. The molecule has 1 atom stereocenters. The zero-order chi connectivity index (χ0) is 24.0. The van der Waals surface area contributed by atoms with Crippen molar-refractivity contribution in [2.75, 3.05) is 33.4 Å². The molecule has 2 aromatic carbocycles. The van der Waals surface area contributed by atoms with Crippen LogP contribution in [0.3, 0.4) is 0 Å². The third-order valence-electron chi connectivity index (χ3n) is 7.15. The summed E-state index contributed by atoms with van der Waals surface area (Å²) in [4.78, 5) is 15.2. The van der Waals surface area contributed by atoms with Crippen molar-refractivity contribution in [3.05, 3.63) is 71.8 Å². The lowest BCUT2D eigenvalue weighted by Crippen LogP contribution is -2.50. The summed E-state index contributed by atoms with van der Waals surface area (Å²) < 4.78 is 39.3. The summed E-state index contributed by atoms with van der Waals surface area (Å²) >= 11 is 0. The van der Waals surface area contributed by atoms with E-state index in [0.717, 1.165) is 17.8 Å². The van der Waals surface area contributed by atoms with Gasteiger partial charge < -0.3 is 28.4 Å². The van der Waals surface area contributed by atoms with Gasteiger partial charge in [0.25, 0.3) is 5.91 Å². The Morgan fingerprint density at radius 1 is 1.11 bits per heavy atom. The lowest BCUT2D eigenvalue weighted by Gasteiger charge is -2.45. The van der Waals surface area contributed by atoms with E-state index < -0.39 is 5.60 Å². The number of carbonyl (C=O) groups excluding carboxylic acids is 1. The third kappa shape index (κ3) is 3.82. The van der Waals surface area contributed by atoms with Crippen LogP contribution in [0.25, 0.3) is 5.69 Å². The van der Waals surface area contributed by atoms with Gasteiger partial charge in [0, 0.05) is 50.2 Å². The van der Waals surface area contributed by atoms with Crippen LogP contribution in [0, 0.1) is 5.82 Å². The van der Waals surface area contributed by atoms with Gasteiger partial charge in [0.1, 0.15) is 17.7 Å². The maximum Gasteiger partial charge on any atom is 0.253 e. The average Bonchev–Trinajstić information content (AvgIpc) is 3.57. The molecule has 7 nitrogen and oxygen atoms in total. The topological polar surface area (TPSA) is 62.2 Å². The van der Waals surface area contributed by atoms with Gasteiger partial charge in [-0.2, -0.15) is 0 Å². The van der Waals surface area contributed by atoms with E-state index in [0.29, 0.717) is 62.0 Å². The Morgan fingerprint density at radius 2 is 1.97 bits per heavy atom. The predicted molar refractivity (Wildman–Crippen MR) is 126 cm³/mol. The van der Waals surface area contributed by atoms with E-state index in [9.17, 15) is 9.18 Å². The van der Waals surface area contributed by atoms with Crippen LogP contribution in [-0.2, 0) is 10.3 Å². The van der Waals surface area contributed by atoms with E-state index >= 15 is 0 Å². The second-order valence-corrected chi connectivity index (χ2v) is 9.23. The van der Waals surface area contributed by atoms with Crippen molar-refractivity contribution >= 4 is 5.91 Å². The normalized spacial score (nSPS) is 20.2. The molecular formula is C27H27FN2O5. The zero-order valence-corrected chi connectivity index (χ0v) is 19.5. The minimum Gasteiger partial charge on any atom is -0.493 e. The molecule has 1 spiro atoms. The maximum absolute atomic E-state index is 13.9. The summed E-state index contributed by atoms with van der Waals surface area (Å²) in [7, 11) is 1.57. The first-order valence-electron chi connectivity index (χ1n) is 11.9. The monoisotopic (exact) mass is 478 g/mol. The first kappa shape index (κ1) is 22.0. The summed E-state index contributed by atoms with van der Waals surface area (Å²) in [6, 6.07) is 13.9. The predicted octanol–water partition coefficient (Wildman–Crippen LogP) is 4.32. The van der Waals surface area contributed by atoms with Gasteiger partial charge in [0.2, 0.25) is 0 Å². The summed E-state index contributed by atoms with van der Waals surface area (Å²) in [6.45, 7) is 2.29. The highest BCUT2D eigenvalue weighted by molar-refractivity contribution is 5.95. The molecule has 0 N–H and O–H groups in total. The van der Waals surface area contributed by atoms with Crippen molar-refractivity contribution in [1.29, 1.82) is 0 Å². The zero-order valence-electron chi connectivity index (χ0n) is 19.5. The van der Waals surface area contributed by atoms with E-state index in [-0.39, 0.29) is 17.8 Å². The van der Waals surface area contributed by atoms with Gasteiger partial charge in [-0.25, -0.2) is 4.39 Å². The van der Waals surface area contributed by atoms with Crippen LogP contribution in [0.15, 0.2) is 54.7 Å². The molecule has 1 aromatic heterocycles. The number of nitrogens with zero attached hydrogens (tertiary/aromatic N) is 2. The second kappa shape index (κ2) is 8.61. The van der Waals surface area contributed by atoms with Gasteiger partial charge in [0.05, 0.1) is 31.7 Å². The Kier molecular flexibility index (Phi) is 5.40.